The van der Waals surface area contributed by atoms with Crippen LogP contribution >= 0.6 is 23.2 Å². The Morgan fingerprint density at radius 1 is 0.914 bits per heavy atom. The van der Waals surface area contributed by atoms with Crippen molar-refractivity contribution < 1.29 is 14.4 Å². The maximum absolute atomic E-state index is 13.2. The predicted octanol–water partition coefficient (Wildman–Crippen LogP) is 5.28. The largest absolute Gasteiger partial charge is 0.350 e. The summed E-state index contributed by atoms with van der Waals surface area (Å²) in [6, 6.07) is 19.8. The van der Waals surface area contributed by atoms with E-state index in [1.807, 2.05) is 25.1 Å². The first kappa shape index (κ1) is 23.1. The van der Waals surface area contributed by atoms with Crippen LogP contribution in [0.15, 0.2) is 77.5 Å². The zero-order valence-corrected chi connectivity index (χ0v) is 20.4. The van der Waals surface area contributed by atoms with Crippen LogP contribution in [-0.4, -0.2) is 29.2 Å². The van der Waals surface area contributed by atoms with Gasteiger partial charge >= 0.3 is 0 Å². The SMILES string of the molecule is Cc1ccc(N2C(=O)C(Cl)=C(Nc3cccc(C(=O)N4CCc5ccccc5C4)c3)C2=O)cc1Cl. The van der Waals surface area contributed by atoms with Gasteiger partial charge in [0, 0.05) is 29.4 Å². The summed E-state index contributed by atoms with van der Waals surface area (Å²) in [5, 5.41) is 3.15. The van der Waals surface area contributed by atoms with E-state index in [1.165, 1.54) is 5.56 Å². The maximum atomic E-state index is 13.2. The highest BCUT2D eigenvalue weighted by atomic mass is 35.5. The van der Waals surface area contributed by atoms with Crippen molar-refractivity contribution in [1.82, 2.24) is 4.90 Å². The van der Waals surface area contributed by atoms with Crippen molar-refractivity contribution in [3.63, 3.8) is 0 Å². The molecule has 3 aromatic rings. The third kappa shape index (κ3) is 4.31. The molecule has 3 amide bonds. The highest BCUT2D eigenvalue weighted by molar-refractivity contribution is 6.53. The number of nitrogens with zero attached hydrogens (tertiary/aromatic N) is 2. The number of carbonyl (C=O) groups excluding carboxylic acids is 3. The number of anilines is 2. The minimum Gasteiger partial charge on any atom is -0.350 e. The summed E-state index contributed by atoms with van der Waals surface area (Å²) in [5.41, 5.74) is 4.47. The molecule has 0 atom stereocenters. The van der Waals surface area contributed by atoms with Gasteiger partial charge in [0.15, 0.2) is 0 Å². The topological polar surface area (TPSA) is 69.7 Å². The fourth-order valence-electron chi connectivity index (χ4n) is 4.29. The van der Waals surface area contributed by atoms with Gasteiger partial charge in [0.05, 0.1) is 5.69 Å². The van der Waals surface area contributed by atoms with Gasteiger partial charge in [0.1, 0.15) is 10.7 Å². The predicted molar refractivity (Wildman–Crippen MR) is 137 cm³/mol. The van der Waals surface area contributed by atoms with Crippen molar-refractivity contribution in [2.45, 2.75) is 19.9 Å². The van der Waals surface area contributed by atoms with Crippen LogP contribution in [0.25, 0.3) is 0 Å². The summed E-state index contributed by atoms with van der Waals surface area (Å²) in [6.45, 7) is 3.01. The van der Waals surface area contributed by atoms with Gasteiger partial charge in [-0.15, -0.1) is 0 Å². The van der Waals surface area contributed by atoms with E-state index in [4.69, 9.17) is 23.2 Å². The molecule has 0 saturated heterocycles. The molecule has 35 heavy (non-hydrogen) atoms. The summed E-state index contributed by atoms with van der Waals surface area (Å²) in [5.74, 6) is -1.34. The molecule has 2 heterocycles. The molecule has 176 valence electrons. The van der Waals surface area contributed by atoms with Gasteiger partial charge in [-0.2, -0.15) is 0 Å². The number of hydrogen-bond acceptors (Lipinski definition) is 4. The van der Waals surface area contributed by atoms with E-state index in [-0.39, 0.29) is 16.6 Å². The van der Waals surface area contributed by atoms with Gasteiger partial charge in [0.2, 0.25) is 0 Å². The third-order valence-electron chi connectivity index (χ3n) is 6.24. The summed E-state index contributed by atoms with van der Waals surface area (Å²) in [4.78, 5) is 41.8. The molecule has 0 spiro atoms. The highest BCUT2D eigenvalue weighted by Gasteiger charge is 2.39. The Morgan fingerprint density at radius 2 is 1.69 bits per heavy atom. The lowest BCUT2D eigenvalue weighted by molar-refractivity contribution is -0.120. The number of carbonyl (C=O) groups is 3. The Labute approximate surface area is 212 Å². The van der Waals surface area contributed by atoms with E-state index < -0.39 is 11.8 Å². The number of amides is 3. The minimum absolute atomic E-state index is 0.0511. The molecule has 3 aromatic carbocycles. The van der Waals surface area contributed by atoms with Gasteiger partial charge in [-0.1, -0.05) is 59.6 Å². The number of hydrogen-bond donors (Lipinski definition) is 1. The Hall–Kier alpha value is -3.61. The van der Waals surface area contributed by atoms with Crippen LogP contribution in [0, 0.1) is 6.92 Å². The quantitative estimate of drug-likeness (QED) is 0.489. The fraction of sp³-hybridized carbons (Fsp3) is 0.148. The zero-order valence-electron chi connectivity index (χ0n) is 18.8. The molecule has 0 saturated carbocycles. The lowest BCUT2D eigenvalue weighted by atomic mass is 9.99. The van der Waals surface area contributed by atoms with E-state index in [1.54, 1.807) is 47.4 Å². The molecule has 0 aliphatic carbocycles. The number of fused-ring (bicyclic) bond motifs is 1. The molecule has 0 aromatic heterocycles. The molecule has 5 rings (SSSR count). The van der Waals surface area contributed by atoms with Crippen LogP contribution in [-0.2, 0) is 22.6 Å². The van der Waals surface area contributed by atoms with Gasteiger partial charge in [0.25, 0.3) is 17.7 Å². The summed E-state index contributed by atoms with van der Waals surface area (Å²) in [6.07, 6.45) is 0.803. The Kier molecular flexibility index (Phi) is 6.09. The van der Waals surface area contributed by atoms with E-state index >= 15 is 0 Å². The number of aryl methyl sites for hydroxylation is 1. The second-order valence-electron chi connectivity index (χ2n) is 8.52. The number of imide groups is 1. The Morgan fingerprint density at radius 3 is 2.46 bits per heavy atom. The molecule has 6 nitrogen and oxygen atoms in total. The summed E-state index contributed by atoms with van der Waals surface area (Å²) in [7, 11) is 0. The Bertz CT molecular complexity index is 1420. The van der Waals surface area contributed by atoms with Crippen molar-refractivity contribution in [3.05, 3.63) is 105 Å². The molecule has 8 heteroatoms. The minimum atomic E-state index is -0.640. The average molecular weight is 506 g/mol. The highest BCUT2D eigenvalue weighted by Crippen LogP contribution is 2.32. The monoisotopic (exact) mass is 505 g/mol. The first-order chi connectivity index (χ1) is 16.8. The second kappa shape index (κ2) is 9.21. The second-order valence-corrected chi connectivity index (χ2v) is 9.30. The van der Waals surface area contributed by atoms with Crippen LogP contribution in [0.1, 0.15) is 27.0 Å². The van der Waals surface area contributed by atoms with Crippen LogP contribution in [0.3, 0.4) is 0 Å². The van der Waals surface area contributed by atoms with Crippen LogP contribution in [0.2, 0.25) is 5.02 Å². The smallest absolute Gasteiger partial charge is 0.283 e. The van der Waals surface area contributed by atoms with Gasteiger partial charge in [-0.05, 0) is 60.4 Å². The zero-order chi connectivity index (χ0) is 24.7. The van der Waals surface area contributed by atoms with Gasteiger partial charge < -0.3 is 10.2 Å². The molecule has 0 fully saturated rings. The van der Waals surface area contributed by atoms with E-state index in [2.05, 4.69) is 11.4 Å². The van der Waals surface area contributed by atoms with Crippen molar-refractivity contribution in [2.75, 3.05) is 16.8 Å². The molecule has 0 radical (unpaired) electrons. The van der Waals surface area contributed by atoms with E-state index in [0.29, 0.717) is 35.1 Å². The number of halogens is 2. The third-order valence-corrected chi connectivity index (χ3v) is 7.00. The normalized spacial score (nSPS) is 15.5. The molecule has 0 unspecified atom stereocenters. The van der Waals surface area contributed by atoms with E-state index in [0.717, 1.165) is 22.4 Å². The lowest BCUT2D eigenvalue weighted by Crippen LogP contribution is -2.36. The van der Waals surface area contributed by atoms with Crippen molar-refractivity contribution in [3.8, 4) is 0 Å². The number of nitrogens with one attached hydrogen (secondary N) is 1. The summed E-state index contributed by atoms with van der Waals surface area (Å²) >= 11 is 12.4. The van der Waals surface area contributed by atoms with Crippen molar-refractivity contribution >= 4 is 52.3 Å². The first-order valence-electron chi connectivity index (χ1n) is 11.1. The lowest BCUT2D eigenvalue weighted by Gasteiger charge is -2.29. The fourth-order valence-corrected chi connectivity index (χ4v) is 4.68. The molecular formula is C27H21Cl2N3O3. The standard InChI is InChI=1S/C27H21Cl2N3O3/c1-16-9-10-21(14-22(16)28)32-26(34)23(29)24(27(32)35)30-20-8-4-7-18(13-20)25(33)31-12-11-17-5-2-3-6-19(17)15-31/h2-10,13-14,30H,11-12,15H2,1H3. The van der Waals surface area contributed by atoms with Crippen LogP contribution in [0.4, 0.5) is 11.4 Å². The number of rotatable bonds is 4. The van der Waals surface area contributed by atoms with Crippen LogP contribution < -0.4 is 10.2 Å². The van der Waals surface area contributed by atoms with Crippen LogP contribution in [0.5, 0.6) is 0 Å². The molecule has 2 aliphatic rings. The molecule has 1 N–H and O–H groups in total. The molecule has 0 bridgehead atoms. The average Bonchev–Trinajstić information content (AvgIpc) is 3.08. The van der Waals surface area contributed by atoms with Gasteiger partial charge in [-0.25, -0.2) is 4.90 Å². The van der Waals surface area contributed by atoms with Gasteiger partial charge in [-0.3, -0.25) is 14.4 Å². The summed E-state index contributed by atoms with van der Waals surface area (Å²) < 4.78 is 0. The Balaban J connectivity index is 1.35. The van der Waals surface area contributed by atoms with Crippen molar-refractivity contribution in [2.24, 2.45) is 0 Å². The maximum Gasteiger partial charge on any atom is 0.283 e. The first-order valence-corrected chi connectivity index (χ1v) is 11.9. The number of benzene rings is 3. The van der Waals surface area contributed by atoms with Crippen molar-refractivity contribution in [1.29, 1.82) is 0 Å². The van der Waals surface area contributed by atoms with E-state index in [9.17, 15) is 14.4 Å². The molecular weight excluding hydrogens is 485 g/mol. The molecule has 2 aliphatic heterocycles.